The molecule has 2 unspecified atom stereocenters. The molecule has 1 aromatic carbocycles. The number of carboxylic acid groups (broad SMARTS) is 1. The molecule has 1 aliphatic rings. The zero-order valence-electron chi connectivity index (χ0n) is 11.4. The van der Waals surface area contributed by atoms with Crippen molar-refractivity contribution in [1.29, 1.82) is 0 Å². The van der Waals surface area contributed by atoms with Crippen molar-refractivity contribution in [1.82, 2.24) is 0 Å². The van der Waals surface area contributed by atoms with E-state index in [1.54, 1.807) is 12.2 Å². The monoisotopic (exact) mass is 308 g/mol. The number of allylic oxidation sites excluding steroid dienone is 2. The summed E-state index contributed by atoms with van der Waals surface area (Å²) in [4.78, 5) is 33.1. The number of anilines is 1. The molecule has 0 fully saturated rings. The summed E-state index contributed by atoms with van der Waals surface area (Å²) in [6.07, 6.45) is 3.94. The van der Waals surface area contributed by atoms with Crippen LogP contribution in [0.25, 0.3) is 0 Å². The first kappa shape index (κ1) is 15.6. The molecule has 0 bridgehead atoms. The summed E-state index contributed by atoms with van der Waals surface area (Å²) in [5.74, 6) is -4.26. The first-order chi connectivity index (χ1) is 10.4. The summed E-state index contributed by atoms with van der Waals surface area (Å²) in [6, 6.07) is 2.97. The van der Waals surface area contributed by atoms with E-state index in [0.29, 0.717) is 0 Å². The fourth-order valence-corrected chi connectivity index (χ4v) is 2.34. The molecule has 7 nitrogen and oxygen atoms in total. The molecule has 0 spiro atoms. The van der Waals surface area contributed by atoms with Crippen LogP contribution in [0.15, 0.2) is 30.4 Å². The Labute approximate surface area is 124 Å². The molecule has 1 aromatic rings. The molecule has 8 heteroatoms. The smallest absolute Gasteiger partial charge is 0.307 e. The molecule has 0 aliphatic heterocycles. The predicted molar refractivity (Wildman–Crippen MR) is 74.7 cm³/mol. The van der Waals surface area contributed by atoms with Crippen molar-refractivity contribution >= 4 is 23.3 Å². The molecule has 2 rings (SSSR count). The Hall–Kier alpha value is -2.77. The van der Waals surface area contributed by atoms with Crippen molar-refractivity contribution < 1.29 is 24.0 Å². The highest BCUT2D eigenvalue weighted by molar-refractivity contribution is 5.95. The molecule has 0 aromatic heterocycles. The van der Waals surface area contributed by atoms with Crippen molar-refractivity contribution in [3.05, 3.63) is 46.3 Å². The second-order valence-electron chi connectivity index (χ2n) is 4.91. The second-order valence-corrected chi connectivity index (χ2v) is 4.91. The van der Waals surface area contributed by atoms with Gasteiger partial charge in [0.05, 0.1) is 16.8 Å². The maximum atomic E-state index is 13.2. The van der Waals surface area contributed by atoms with Gasteiger partial charge in [-0.1, -0.05) is 12.2 Å². The highest BCUT2D eigenvalue weighted by Gasteiger charge is 2.34. The Balaban J connectivity index is 2.18. The summed E-state index contributed by atoms with van der Waals surface area (Å²) in [5, 5.41) is 22.2. The van der Waals surface area contributed by atoms with E-state index in [1.807, 2.05) is 0 Å². The SMILES string of the molecule is O=C(O)C1CC=CCC1C(=O)Nc1ccc(F)c([N+](=O)[O-])c1. The number of nitrogens with zero attached hydrogens (tertiary/aromatic N) is 1. The zero-order valence-corrected chi connectivity index (χ0v) is 11.4. The van der Waals surface area contributed by atoms with E-state index in [2.05, 4.69) is 5.32 Å². The van der Waals surface area contributed by atoms with Gasteiger partial charge < -0.3 is 10.4 Å². The first-order valence-electron chi connectivity index (χ1n) is 6.52. The number of hydrogen-bond acceptors (Lipinski definition) is 4. The quantitative estimate of drug-likeness (QED) is 0.504. The number of carbonyl (C=O) groups is 2. The maximum Gasteiger partial charge on any atom is 0.307 e. The van der Waals surface area contributed by atoms with Crippen LogP contribution in [-0.4, -0.2) is 21.9 Å². The lowest BCUT2D eigenvalue weighted by molar-refractivity contribution is -0.387. The number of nitro groups is 1. The third-order valence-corrected chi connectivity index (χ3v) is 3.50. The number of aliphatic carboxylic acids is 1. The van der Waals surface area contributed by atoms with Crippen LogP contribution in [0.3, 0.4) is 0 Å². The van der Waals surface area contributed by atoms with Gasteiger partial charge in [0, 0.05) is 11.8 Å². The molecule has 1 amide bonds. The van der Waals surface area contributed by atoms with E-state index in [1.165, 1.54) is 6.07 Å². The Morgan fingerprint density at radius 3 is 2.50 bits per heavy atom. The molecule has 0 heterocycles. The minimum atomic E-state index is -1.07. The van der Waals surface area contributed by atoms with Crippen molar-refractivity contribution in [2.24, 2.45) is 11.8 Å². The maximum absolute atomic E-state index is 13.2. The third-order valence-electron chi connectivity index (χ3n) is 3.50. The molecule has 22 heavy (non-hydrogen) atoms. The molecule has 0 radical (unpaired) electrons. The molecule has 0 saturated heterocycles. The van der Waals surface area contributed by atoms with Gasteiger partial charge in [-0.25, -0.2) is 0 Å². The van der Waals surface area contributed by atoms with Gasteiger partial charge in [-0.2, -0.15) is 4.39 Å². The van der Waals surface area contributed by atoms with Crippen molar-refractivity contribution in [3.63, 3.8) is 0 Å². The lowest BCUT2D eigenvalue weighted by Crippen LogP contribution is -2.34. The largest absolute Gasteiger partial charge is 0.481 e. The number of amides is 1. The molecular weight excluding hydrogens is 295 g/mol. The van der Waals surface area contributed by atoms with E-state index < -0.39 is 40.1 Å². The Morgan fingerprint density at radius 2 is 1.91 bits per heavy atom. The van der Waals surface area contributed by atoms with Gasteiger partial charge in [-0.05, 0) is 25.0 Å². The van der Waals surface area contributed by atoms with Crippen LogP contribution in [0.1, 0.15) is 12.8 Å². The number of nitro benzene ring substituents is 1. The Morgan fingerprint density at radius 1 is 1.27 bits per heavy atom. The normalized spacial score (nSPS) is 20.4. The topological polar surface area (TPSA) is 110 Å². The lowest BCUT2D eigenvalue weighted by Gasteiger charge is -2.24. The average molecular weight is 308 g/mol. The molecule has 2 atom stereocenters. The summed E-state index contributed by atoms with van der Waals surface area (Å²) < 4.78 is 13.2. The number of nitrogens with one attached hydrogen (secondary N) is 1. The van der Waals surface area contributed by atoms with Gasteiger partial charge >= 0.3 is 11.7 Å². The average Bonchev–Trinajstić information content (AvgIpc) is 2.48. The zero-order chi connectivity index (χ0) is 16.3. The van der Waals surface area contributed by atoms with E-state index in [0.717, 1.165) is 12.1 Å². The summed E-state index contributed by atoms with van der Waals surface area (Å²) >= 11 is 0. The summed E-state index contributed by atoms with van der Waals surface area (Å²) in [7, 11) is 0. The summed E-state index contributed by atoms with van der Waals surface area (Å²) in [6.45, 7) is 0. The number of benzene rings is 1. The van der Waals surface area contributed by atoms with Gasteiger partial charge in [-0.3, -0.25) is 19.7 Å². The van der Waals surface area contributed by atoms with Gasteiger partial charge in [0.15, 0.2) is 0 Å². The van der Waals surface area contributed by atoms with E-state index in [9.17, 15) is 24.1 Å². The highest BCUT2D eigenvalue weighted by Crippen LogP contribution is 2.28. The number of halogens is 1. The van der Waals surface area contributed by atoms with Gasteiger partial charge in [0.25, 0.3) is 0 Å². The van der Waals surface area contributed by atoms with Gasteiger partial charge in [0.1, 0.15) is 0 Å². The number of hydrogen-bond donors (Lipinski definition) is 2. The fraction of sp³-hybridized carbons (Fsp3) is 0.286. The highest BCUT2D eigenvalue weighted by atomic mass is 19.1. The first-order valence-corrected chi connectivity index (χ1v) is 6.52. The van der Waals surface area contributed by atoms with Crippen LogP contribution >= 0.6 is 0 Å². The number of carbonyl (C=O) groups excluding carboxylic acids is 1. The minimum Gasteiger partial charge on any atom is -0.481 e. The van der Waals surface area contributed by atoms with Crippen LogP contribution in [0, 0.1) is 27.8 Å². The van der Waals surface area contributed by atoms with Crippen LogP contribution in [-0.2, 0) is 9.59 Å². The van der Waals surface area contributed by atoms with Crippen LogP contribution in [0.5, 0.6) is 0 Å². The van der Waals surface area contributed by atoms with Crippen molar-refractivity contribution in [3.8, 4) is 0 Å². The molecule has 1 aliphatic carbocycles. The molecule has 0 saturated carbocycles. The van der Waals surface area contributed by atoms with Crippen LogP contribution in [0.4, 0.5) is 15.8 Å². The van der Waals surface area contributed by atoms with Crippen LogP contribution < -0.4 is 5.32 Å². The van der Waals surface area contributed by atoms with Crippen molar-refractivity contribution in [2.75, 3.05) is 5.32 Å². The predicted octanol–water partition coefficient (Wildman–Crippen LogP) is 2.34. The molecular formula is C14H13FN2O5. The standard InChI is InChI=1S/C14H13FN2O5/c15-11-6-5-8(7-12(11)17(21)22)16-13(18)9-3-1-2-4-10(9)14(19)20/h1-2,5-7,9-10H,3-4H2,(H,16,18)(H,19,20). The van der Waals surface area contributed by atoms with Crippen molar-refractivity contribution in [2.45, 2.75) is 12.8 Å². The number of rotatable bonds is 4. The lowest BCUT2D eigenvalue weighted by atomic mass is 9.82. The Kier molecular flexibility index (Phi) is 4.50. The van der Waals surface area contributed by atoms with Gasteiger partial charge in [-0.15, -0.1) is 0 Å². The minimum absolute atomic E-state index is 0.0526. The van der Waals surface area contributed by atoms with E-state index in [4.69, 9.17) is 5.11 Å². The Bertz CT molecular complexity index is 659. The summed E-state index contributed by atoms with van der Waals surface area (Å²) in [5.41, 5.74) is -0.701. The van der Waals surface area contributed by atoms with E-state index >= 15 is 0 Å². The third kappa shape index (κ3) is 3.27. The van der Waals surface area contributed by atoms with E-state index in [-0.39, 0.29) is 18.5 Å². The fourth-order valence-electron chi connectivity index (χ4n) is 2.34. The molecule has 2 N–H and O–H groups in total. The number of carboxylic acids is 1. The second kappa shape index (κ2) is 6.33. The molecule has 116 valence electrons. The van der Waals surface area contributed by atoms with Crippen LogP contribution in [0.2, 0.25) is 0 Å². The van der Waals surface area contributed by atoms with Gasteiger partial charge in [0.2, 0.25) is 11.7 Å².